The van der Waals surface area contributed by atoms with E-state index in [1.165, 1.54) is 5.56 Å². The summed E-state index contributed by atoms with van der Waals surface area (Å²) in [5.41, 5.74) is 1.21. The van der Waals surface area contributed by atoms with E-state index in [0.717, 1.165) is 24.5 Å². The molecule has 2 rings (SSSR count). The molecule has 0 spiro atoms. The third-order valence-corrected chi connectivity index (χ3v) is 2.92. The van der Waals surface area contributed by atoms with Crippen molar-refractivity contribution >= 4 is 0 Å². The van der Waals surface area contributed by atoms with Crippen molar-refractivity contribution in [2.45, 2.75) is 19.4 Å². The number of hydrogen-bond acceptors (Lipinski definition) is 4. The number of rotatable bonds is 6. The van der Waals surface area contributed by atoms with Crippen LogP contribution in [0.1, 0.15) is 24.4 Å². The number of aromatic nitrogens is 2. The maximum Gasteiger partial charge on any atom is 0.145 e. The van der Waals surface area contributed by atoms with Crippen molar-refractivity contribution in [1.82, 2.24) is 15.3 Å². The van der Waals surface area contributed by atoms with Crippen LogP contribution in [0, 0.1) is 0 Å². The van der Waals surface area contributed by atoms with E-state index in [9.17, 15) is 0 Å². The maximum absolute atomic E-state index is 5.25. The molecular weight excluding hydrogens is 238 g/mol. The van der Waals surface area contributed by atoms with Gasteiger partial charge in [0.1, 0.15) is 11.6 Å². The van der Waals surface area contributed by atoms with Gasteiger partial charge in [-0.1, -0.05) is 19.1 Å². The molecule has 0 saturated carbocycles. The zero-order valence-corrected chi connectivity index (χ0v) is 11.3. The van der Waals surface area contributed by atoms with Crippen molar-refractivity contribution < 1.29 is 4.74 Å². The van der Waals surface area contributed by atoms with E-state index in [-0.39, 0.29) is 6.04 Å². The van der Waals surface area contributed by atoms with Crippen LogP contribution >= 0.6 is 0 Å². The number of nitrogens with one attached hydrogen (secondary N) is 1. The molecular formula is C15H19N3O. The van der Waals surface area contributed by atoms with Gasteiger partial charge in [-0.05, 0) is 36.7 Å². The predicted molar refractivity (Wildman–Crippen MR) is 75.1 cm³/mol. The maximum atomic E-state index is 5.25. The van der Waals surface area contributed by atoms with Gasteiger partial charge in [0.25, 0.3) is 0 Å². The average Bonchev–Trinajstić information content (AvgIpc) is 2.48. The third kappa shape index (κ3) is 3.76. The van der Waals surface area contributed by atoms with E-state index >= 15 is 0 Å². The molecule has 1 aromatic heterocycles. The summed E-state index contributed by atoms with van der Waals surface area (Å²) in [6, 6.07) is 10.0. The minimum atomic E-state index is 0.123. The smallest absolute Gasteiger partial charge is 0.145 e. The van der Waals surface area contributed by atoms with Gasteiger partial charge >= 0.3 is 0 Å². The van der Waals surface area contributed by atoms with Crippen LogP contribution in [0.2, 0.25) is 0 Å². The Bertz CT molecular complexity index is 502. The van der Waals surface area contributed by atoms with Crippen molar-refractivity contribution in [3.63, 3.8) is 0 Å². The summed E-state index contributed by atoms with van der Waals surface area (Å²) in [6.45, 7) is 2.97. The summed E-state index contributed by atoms with van der Waals surface area (Å²) in [7, 11) is 1.68. The molecule has 0 saturated heterocycles. The second-order valence-electron chi connectivity index (χ2n) is 4.27. The Morgan fingerprint density at radius 3 is 2.68 bits per heavy atom. The molecule has 1 aromatic carbocycles. The normalized spacial score (nSPS) is 12.1. The Labute approximate surface area is 113 Å². The van der Waals surface area contributed by atoms with Gasteiger partial charge in [0.15, 0.2) is 0 Å². The van der Waals surface area contributed by atoms with E-state index in [4.69, 9.17) is 4.74 Å². The second-order valence-corrected chi connectivity index (χ2v) is 4.27. The molecule has 4 heteroatoms. The lowest BCUT2D eigenvalue weighted by molar-refractivity contribution is 0.413. The Morgan fingerprint density at radius 1 is 1.21 bits per heavy atom. The number of methoxy groups -OCH3 is 1. The molecule has 2 aromatic rings. The van der Waals surface area contributed by atoms with Gasteiger partial charge in [0.05, 0.1) is 13.2 Å². The van der Waals surface area contributed by atoms with Gasteiger partial charge in [-0.25, -0.2) is 9.97 Å². The number of hydrogen-bond donors (Lipinski definition) is 1. The Balaban J connectivity index is 2.16. The first-order valence-corrected chi connectivity index (χ1v) is 6.46. The van der Waals surface area contributed by atoms with Crippen LogP contribution in [0.4, 0.5) is 0 Å². The number of benzene rings is 1. The van der Waals surface area contributed by atoms with Crippen molar-refractivity contribution in [2.75, 3.05) is 13.7 Å². The fourth-order valence-electron chi connectivity index (χ4n) is 2.03. The molecule has 0 fully saturated rings. The molecule has 4 nitrogen and oxygen atoms in total. The molecule has 1 atom stereocenters. The molecule has 1 N–H and O–H groups in total. The van der Waals surface area contributed by atoms with Gasteiger partial charge in [-0.2, -0.15) is 0 Å². The van der Waals surface area contributed by atoms with Gasteiger partial charge in [-0.3, -0.25) is 0 Å². The highest BCUT2D eigenvalue weighted by Gasteiger charge is 2.13. The third-order valence-electron chi connectivity index (χ3n) is 2.92. The quantitative estimate of drug-likeness (QED) is 0.863. The first kappa shape index (κ1) is 13.5. The zero-order valence-electron chi connectivity index (χ0n) is 11.3. The van der Waals surface area contributed by atoms with Crippen molar-refractivity contribution in [2.24, 2.45) is 0 Å². The first-order valence-electron chi connectivity index (χ1n) is 6.46. The van der Waals surface area contributed by atoms with Crippen LogP contribution in [0.25, 0.3) is 0 Å². The van der Waals surface area contributed by atoms with E-state index in [2.05, 4.69) is 28.3 Å². The second kappa shape index (κ2) is 6.85. The average molecular weight is 257 g/mol. The lowest BCUT2D eigenvalue weighted by atomic mass is 10.0. The van der Waals surface area contributed by atoms with E-state index in [1.54, 1.807) is 19.5 Å². The summed E-state index contributed by atoms with van der Waals surface area (Å²) in [5, 5.41) is 3.42. The fraction of sp³-hybridized carbons (Fsp3) is 0.333. The van der Waals surface area contributed by atoms with Crippen LogP contribution in [0.15, 0.2) is 42.7 Å². The number of likely N-dealkylation sites (N-methyl/N-ethyl adjacent to an activating group) is 1. The van der Waals surface area contributed by atoms with E-state index < -0.39 is 0 Å². The molecule has 0 amide bonds. The minimum absolute atomic E-state index is 0.123. The molecule has 1 heterocycles. The Kier molecular flexibility index (Phi) is 4.86. The molecule has 0 bridgehead atoms. The fourth-order valence-corrected chi connectivity index (χ4v) is 2.03. The SMILES string of the molecule is CCNC(Cc1cccc(OC)c1)c1ncccn1. The topological polar surface area (TPSA) is 47.0 Å². The molecule has 0 aliphatic carbocycles. The Morgan fingerprint density at radius 2 is 2.00 bits per heavy atom. The van der Waals surface area contributed by atoms with Gasteiger partial charge in [0, 0.05) is 12.4 Å². The minimum Gasteiger partial charge on any atom is -0.497 e. The van der Waals surface area contributed by atoms with Gasteiger partial charge < -0.3 is 10.1 Å². The molecule has 1 unspecified atom stereocenters. The number of ether oxygens (including phenoxy) is 1. The molecule has 19 heavy (non-hydrogen) atoms. The molecule has 0 aliphatic heterocycles. The molecule has 0 aliphatic rings. The van der Waals surface area contributed by atoms with Crippen molar-refractivity contribution in [3.8, 4) is 5.75 Å². The summed E-state index contributed by atoms with van der Waals surface area (Å²) in [4.78, 5) is 8.66. The lowest BCUT2D eigenvalue weighted by Gasteiger charge is -2.16. The lowest BCUT2D eigenvalue weighted by Crippen LogP contribution is -2.24. The largest absolute Gasteiger partial charge is 0.497 e. The first-order chi connectivity index (χ1) is 9.33. The summed E-state index contributed by atoms with van der Waals surface area (Å²) in [5.74, 6) is 1.70. The Hall–Kier alpha value is -1.94. The highest BCUT2D eigenvalue weighted by atomic mass is 16.5. The van der Waals surface area contributed by atoms with E-state index in [1.807, 2.05) is 24.3 Å². The van der Waals surface area contributed by atoms with Crippen molar-refractivity contribution in [1.29, 1.82) is 0 Å². The highest BCUT2D eigenvalue weighted by molar-refractivity contribution is 5.29. The number of nitrogens with zero attached hydrogens (tertiary/aromatic N) is 2. The monoisotopic (exact) mass is 257 g/mol. The molecule has 100 valence electrons. The van der Waals surface area contributed by atoms with Crippen LogP contribution in [0.3, 0.4) is 0 Å². The standard InChI is InChI=1S/C15H19N3O/c1-3-16-14(15-17-8-5-9-18-15)11-12-6-4-7-13(10-12)19-2/h4-10,14,16H,3,11H2,1-2H3. The summed E-state index contributed by atoms with van der Waals surface area (Å²) < 4.78 is 5.25. The molecule has 0 radical (unpaired) electrons. The van der Waals surface area contributed by atoms with Crippen LogP contribution in [-0.4, -0.2) is 23.6 Å². The van der Waals surface area contributed by atoms with E-state index in [0.29, 0.717) is 0 Å². The predicted octanol–water partition coefficient (Wildman–Crippen LogP) is 2.38. The van der Waals surface area contributed by atoms with Gasteiger partial charge in [0.2, 0.25) is 0 Å². The van der Waals surface area contributed by atoms with Crippen molar-refractivity contribution in [3.05, 3.63) is 54.1 Å². The zero-order chi connectivity index (χ0) is 13.5. The highest BCUT2D eigenvalue weighted by Crippen LogP contribution is 2.18. The van der Waals surface area contributed by atoms with Crippen LogP contribution < -0.4 is 10.1 Å². The van der Waals surface area contributed by atoms with Gasteiger partial charge in [-0.15, -0.1) is 0 Å². The van der Waals surface area contributed by atoms with Crippen LogP contribution in [-0.2, 0) is 6.42 Å². The van der Waals surface area contributed by atoms with Crippen LogP contribution in [0.5, 0.6) is 5.75 Å². The summed E-state index contributed by atoms with van der Waals surface area (Å²) >= 11 is 0. The summed E-state index contributed by atoms with van der Waals surface area (Å²) in [6.07, 6.45) is 4.39.